The molecule has 54 heavy (non-hydrogen) atoms. The van der Waals surface area contributed by atoms with E-state index in [0.29, 0.717) is 0 Å². The van der Waals surface area contributed by atoms with Crippen LogP contribution in [-0.4, -0.2) is 0 Å². The zero-order chi connectivity index (χ0) is 35.3. The van der Waals surface area contributed by atoms with Crippen molar-refractivity contribution < 1.29 is 0 Å². The predicted octanol–water partition coefficient (Wildman–Crippen LogP) is 16.0. The molecule has 12 rings (SSSR count). The van der Waals surface area contributed by atoms with E-state index in [9.17, 15) is 0 Å². The summed E-state index contributed by atoms with van der Waals surface area (Å²) in [6, 6.07) is 67.9. The first-order chi connectivity index (χ1) is 26.8. The van der Waals surface area contributed by atoms with E-state index in [1.54, 1.807) is 0 Å². The third kappa shape index (κ3) is 4.42. The van der Waals surface area contributed by atoms with Gasteiger partial charge in [0.1, 0.15) is 0 Å². The highest BCUT2D eigenvalue weighted by Gasteiger charge is 2.19. The first-order valence-corrected chi connectivity index (χ1v) is 20.1. The van der Waals surface area contributed by atoms with Crippen molar-refractivity contribution in [2.45, 2.75) is 0 Å². The molecular formula is C52H30S2. The third-order valence-electron chi connectivity index (χ3n) is 11.4. The van der Waals surface area contributed by atoms with Gasteiger partial charge in [0.25, 0.3) is 0 Å². The molecule has 0 atom stereocenters. The minimum Gasteiger partial charge on any atom is -0.135 e. The second kappa shape index (κ2) is 11.6. The molecule has 0 aliphatic heterocycles. The summed E-state index contributed by atoms with van der Waals surface area (Å²) in [6.45, 7) is 0. The van der Waals surface area contributed by atoms with Gasteiger partial charge in [-0.15, -0.1) is 22.7 Å². The second-order valence-electron chi connectivity index (χ2n) is 14.4. The molecule has 0 amide bonds. The third-order valence-corrected chi connectivity index (χ3v) is 13.8. The molecule has 0 bridgehead atoms. The predicted molar refractivity (Wildman–Crippen MR) is 239 cm³/mol. The lowest BCUT2D eigenvalue weighted by Crippen LogP contribution is -1.92. The Labute approximate surface area is 319 Å². The van der Waals surface area contributed by atoms with Gasteiger partial charge in [0.2, 0.25) is 0 Å². The molecule has 12 aromatic rings. The fraction of sp³-hybridized carbons (Fsp3) is 0. The molecule has 0 saturated carbocycles. The molecular weight excluding hydrogens is 689 g/mol. The molecule has 0 aliphatic rings. The van der Waals surface area contributed by atoms with Crippen LogP contribution >= 0.6 is 22.7 Å². The molecule has 0 fully saturated rings. The normalized spacial score (nSPS) is 12.1. The van der Waals surface area contributed by atoms with Crippen LogP contribution < -0.4 is 0 Å². The van der Waals surface area contributed by atoms with Gasteiger partial charge in [0.15, 0.2) is 0 Å². The highest BCUT2D eigenvalue weighted by atomic mass is 32.1. The van der Waals surface area contributed by atoms with E-state index < -0.39 is 0 Å². The van der Waals surface area contributed by atoms with Crippen molar-refractivity contribution in [2.75, 3.05) is 0 Å². The number of benzene rings is 10. The van der Waals surface area contributed by atoms with Crippen molar-refractivity contribution in [3.63, 3.8) is 0 Å². The molecule has 2 aromatic heterocycles. The van der Waals surface area contributed by atoms with E-state index >= 15 is 0 Å². The van der Waals surface area contributed by atoms with Gasteiger partial charge in [-0.1, -0.05) is 146 Å². The lowest BCUT2D eigenvalue weighted by atomic mass is 9.84. The van der Waals surface area contributed by atoms with Crippen LogP contribution in [0.5, 0.6) is 0 Å². The number of rotatable bonds is 3. The second-order valence-corrected chi connectivity index (χ2v) is 16.5. The number of fused-ring (bicyclic) bond motifs is 11. The van der Waals surface area contributed by atoms with Gasteiger partial charge >= 0.3 is 0 Å². The fourth-order valence-corrected chi connectivity index (χ4v) is 11.3. The molecule has 0 unspecified atom stereocenters. The van der Waals surface area contributed by atoms with Crippen molar-refractivity contribution in [3.8, 4) is 33.4 Å². The van der Waals surface area contributed by atoms with Crippen molar-refractivity contribution in [1.29, 1.82) is 0 Å². The summed E-state index contributed by atoms with van der Waals surface area (Å²) in [5.41, 5.74) is 7.57. The lowest BCUT2D eigenvalue weighted by Gasteiger charge is -2.19. The van der Waals surface area contributed by atoms with E-state index in [1.807, 2.05) is 22.7 Å². The van der Waals surface area contributed by atoms with E-state index in [4.69, 9.17) is 0 Å². The Morgan fingerprint density at radius 1 is 0.259 bits per heavy atom. The van der Waals surface area contributed by atoms with E-state index in [2.05, 4.69) is 182 Å². The minimum absolute atomic E-state index is 1.23. The Bertz CT molecular complexity index is 3440. The Kier molecular flexibility index (Phi) is 6.48. The average molecular weight is 719 g/mol. The molecule has 2 heterocycles. The summed E-state index contributed by atoms with van der Waals surface area (Å²) < 4.78 is 5.41. The lowest BCUT2D eigenvalue weighted by molar-refractivity contribution is 1.63. The maximum absolute atomic E-state index is 2.43. The van der Waals surface area contributed by atoms with Gasteiger partial charge in [-0.3, -0.25) is 0 Å². The molecule has 250 valence electrons. The van der Waals surface area contributed by atoms with Crippen LogP contribution in [0.1, 0.15) is 0 Å². The Balaban J connectivity index is 1.04. The van der Waals surface area contributed by atoms with Crippen LogP contribution in [0.3, 0.4) is 0 Å². The van der Waals surface area contributed by atoms with Gasteiger partial charge in [0, 0.05) is 45.7 Å². The van der Waals surface area contributed by atoms with Gasteiger partial charge in [-0.25, -0.2) is 0 Å². The molecule has 0 aliphatic carbocycles. The van der Waals surface area contributed by atoms with E-state index in [1.165, 1.54) is 117 Å². The summed E-state index contributed by atoms with van der Waals surface area (Å²) in [4.78, 5) is 0. The Morgan fingerprint density at radius 2 is 0.870 bits per heavy atom. The molecule has 0 saturated heterocycles. The van der Waals surface area contributed by atoms with E-state index in [-0.39, 0.29) is 0 Å². The standard InChI is InChI=1S/C52H30S2/c1-2-15-36-31(11-1)12-10-21-38(36)51-41-19-5-3-17-39(41)50(40-18-4-6-20-42(40)51)35-14-9-13-32(27-35)33-24-26-48-46(28-33)43-25-23-34-29-45-37-16-7-8-22-47(37)53-49(45)30-44(34)52(43)54-48/h1-30H. The number of hydrogen-bond donors (Lipinski definition) is 0. The maximum atomic E-state index is 2.43. The zero-order valence-corrected chi connectivity index (χ0v) is 30.8. The monoisotopic (exact) mass is 718 g/mol. The maximum Gasteiger partial charge on any atom is 0.0434 e. The van der Waals surface area contributed by atoms with Crippen molar-refractivity contribution in [1.82, 2.24) is 0 Å². The van der Waals surface area contributed by atoms with Gasteiger partial charge in [0.05, 0.1) is 0 Å². The SMILES string of the molecule is c1cc(-c2ccc3sc4c5cc6sc7ccccc7c6cc5ccc4c3c2)cc(-c2c3ccccc3c(-c3cccc4ccccc34)c3ccccc23)c1. The minimum atomic E-state index is 1.23. The van der Waals surface area contributed by atoms with Crippen molar-refractivity contribution >= 4 is 106 Å². The van der Waals surface area contributed by atoms with Gasteiger partial charge in [-0.2, -0.15) is 0 Å². The van der Waals surface area contributed by atoms with Crippen molar-refractivity contribution in [3.05, 3.63) is 182 Å². The average Bonchev–Trinajstić information content (AvgIpc) is 3.79. The zero-order valence-electron chi connectivity index (χ0n) is 29.1. The molecule has 0 spiro atoms. The largest absolute Gasteiger partial charge is 0.135 e. The highest BCUT2D eigenvalue weighted by molar-refractivity contribution is 7.27. The number of hydrogen-bond acceptors (Lipinski definition) is 2. The van der Waals surface area contributed by atoms with Crippen LogP contribution in [0.15, 0.2) is 182 Å². The summed E-state index contributed by atoms with van der Waals surface area (Å²) in [7, 11) is 0. The summed E-state index contributed by atoms with van der Waals surface area (Å²) in [5.74, 6) is 0. The molecule has 2 heteroatoms. The van der Waals surface area contributed by atoms with Crippen molar-refractivity contribution in [2.24, 2.45) is 0 Å². The van der Waals surface area contributed by atoms with Crippen LogP contribution in [0.2, 0.25) is 0 Å². The molecule has 0 N–H and O–H groups in total. The number of thiophene rings is 2. The highest BCUT2D eigenvalue weighted by Crippen LogP contribution is 2.47. The smallest absolute Gasteiger partial charge is 0.0434 e. The van der Waals surface area contributed by atoms with Crippen LogP contribution in [-0.2, 0) is 0 Å². The summed E-state index contributed by atoms with van der Waals surface area (Å²) in [5, 5.41) is 15.7. The van der Waals surface area contributed by atoms with Gasteiger partial charge in [-0.05, 0) is 107 Å². The van der Waals surface area contributed by atoms with Crippen LogP contribution in [0, 0.1) is 0 Å². The summed E-state index contributed by atoms with van der Waals surface area (Å²) in [6.07, 6.45) is 0. The van der Waals surface area contributed by atoms with Gasteiger partial charge < -0.3 is 0 Å². The summed E-state index contributed by atoms with van der Waals surface area (Å²) >= 11 is 3.81. The first kappa shape index (κ1) is 30.2. The topological polar surface area (TPSA) is 0 Å². The molecule has 0 nitrogen and oxygen atoms in total. The Morgan fingerprint density at radius 3 is 1.69 bits per heavy atom. The Hall–Kier alpha value is -6.32. The first-order valence-electron chi connectivity index (χ1n) is 18.5. The fourth-order valence-electron chi connectivity index (χ4n) is 8.98. The van der Waals surface area contributed by atoms with Crippen LogP contribution in [0.25, 0.3) is 117 Å². The quantitative estimate of drug-likeness (QED) is 0.160. The molecule has 10 aromatic carbocycles. The molecule has 0 radical (unpaired) electrons. The van der Waals surface area contributed by atoms with E-state index in [0.717, 1.165) is 0 Å². The van der Waals surface area contributed by atoms with Crippen LogP contribution in [0.4, 0.5) is 0 Å².